The van der Waals surface area contributed by atoms with Gasteiger partial charge in [-0.25, -0.2) is 9.59 Å². The fourth-order valence-electron chi connectivity index (χ4n) is 3.58. The van der Waals surface area contributed by atoms with Crippen LogP contribution in [0.1, 0.15) is 95.2 Å². The number of carbonyl (C=O) groups is 2. The number of alkyl carbamates (subject to hydrolysis) is 1. The van der Waals surface area contributed by atoms with Gasteiger partial charge in [0.25, 0.3) is 0 Å². The van der Waals surface area contributed by atoms with Crippen LogP contribution in [0.25, 0.3) is 0 Å². The first kappa shape index (κ1) is 33.4. The number of aromatic hydroxyl groups is 1. The van der Waals surface area contributed by atoms with Crippen LogP contribution in [0.2, 0.25) is 0 Å². The van der Waals surface area contributed by atoms with Gasteiger partial charge < -0.3 is 19.4 Å². The van der Waals surface area contributed by atoms with Gasteiger partial charge in [0.15, 0.2) is 5.78 Å². The number of nitrogens with one attached hydrogen (secondary N) is 1. The third-order valence-corrected chi connectivity index (χ3v) is 6.23. The third kappa shape index (κ3) is 12.2. The van der Waals surface area contributed by atoms with Gasteiger partial charge in [-0.1, -0.05) is 55.9 Å². The van der Waals surface area contributed by atoms with E-state index in [0.29, 0.717) is 25.7 Å². The maximum Gasteiger partial charge on any atom is 0.410 e. The highest BCUT2D eigenvalue weighted by Crippen LogP contribution is 2.26. The Hall–Kier alpha value is -3.65. The number of hydrogen-bond donors (Lipinski definition) is 3. The maximum atomic E-state index is 12.9. The molecule has 2 atom stereocenters. The van der Waals surface area contributed by atoms with Crippen molar-refractivity contribution in [3.63, 3.8) is 0 Å². The molecule has 0 fully saturated rings. The Kier molecular flexibility index (Phi) is 15.2. The normalized spacial score (nSPS) is 14.6. The minimum atomic E-state index is -0.891. The molecule has 1 amide bonds. The lowest BCUT2D eigenvalue weighted by molar-refractivity contribution is 0.102. The first-order valence-electron chi connectivity index (χ1n) is 13.3. The molecule has 0 saturated heterocycles. The van der Waals surface area contributed by atoms with E-state index in [-0.39, 0.29) is 17.3 Å². The second kappa shape index (κ2) is 17.8. The first-order valence-corrected chi connectivity index (χ1v) is 13.3. The predicted molar refractivity (Wildman–Crippen MR) is 154 cm³/mol. The minimum absolute atomic E-state index is 0.209. The van der Waals surface area contributed by atoms with Crippen LogP contribution in [0.15, 0.2) is 74.7 Å². The van der Waals surface area contributed by atoms with E-state index in [1.165, 1.54) is 19.4 Å². The van der Waals surface area contributed by atoms with Crippen LogP contribution in [-0.4, -0.2) is 35.3 Å². The van der Waals surface area contributed by atoms with E-state index >= 15 is 0 Å². The zero-order chi connectivity index (χ0) is 29.4. The molecule has 0 aromatic carbocycles. The largest absolute Gasteiger partial charge is 0.507 e. The van der Waals surface area contributed by atoms with Crippen molar-refractivity contribution >= 4 is 11.9 Å². The summed E-state index contributed by atoms with van der Waals surface area (Å²) in [6, 6.07) is 1.30. The molecule has 8 heteroatoms. The van der Waals surface area contributed by atoms with Gasteiger partial charge in [0.2, 0.25) is 0 Å². The van der Waals surface area contributed by atoms with E-state index in [4.69, 9.17) is 4.42 Å². The standard InChI is InChI=1S/C31H43NO7/c1-7-8-9-10-13-22(3)25(33)18-16-21(2)15-17-24(5)29(35)28-26(34)20-27(39-30(28)36)23(4)14-11-12-19-32-31(37)38-6/h8-9,12-13,15,17,19-20,23,25,33-34H,7,10-11,14,16,18H2,1-6H3,(H,32,37)/b9-8+,19-12+,21-15+,22-13+,24-17+. The zero-order valence-electron chi connectivity index (χ0n) is 24.0. The van der Waals surface area contributed by atoms with E-state index in [1.807, 2.05) is 26.8 Å². The Morgan fingerprint density at radius 1 is 1.13 bits per heavy atom. The number of aliphatic hydroxyl groups excluding tert-OH is 1. The maximum absolute atomic E-state index is 12.9. The highest BCUT2D eigenvalue weighted by molar-refractivity contribution is 6.09. The molecular formula is C31H43NO7. The number of aliphatic hydroxyl groups is 1. The number of methoxy groups -OCH3 is 1. The average Bonchev–Trinajstić information content (AvgIpc) is 2.91. The van der Waals surface area contributed by atoms with Crippen molar-refractivity contribution in [2.45, 2.75) is 85.2 Å². The number of ether oxygens (including phenoxy) is 1. The number of Topliss-reactive ketones (excluding diaryl/α,β-unsaturated/α-hetero) is 1. The van der Waals surface area contributed by atoms with Crippen LogP contribution in [0.5, 0.6) is 5.75 Å². The Morgan fingerprint density at radius 3 is 2.49 bits per heavy atom. The van der Waals surface area contributed by atoms with Crippen LogP contribution in [0, 0.1) is 0 Å². The van der Waals surface area contributed by atoms with Crippen molar-refractivity contribution in [1.29, 1.82) is 0 Å². The molecule has 39 heavy (non-hydrogen) atoms. The topological polar surface area (TPSA) is 126 Å². The van der Waals surface area contributed by atoms with E-state index in [9.17, 15) is 24.6 Å². The van der Waals surface area contributed by atoms with Crippen molar-refractivity contribution in [1.82, 2.24) is 5.32 Å². The van der Waals surface area contributed by atoms with Crippen molar-refractivity contribution < 1.29 is 29.0 Å². The van der Waals surface area contributed by atoms with E-state index in [0.717, 1.165) is 24.0 Å². The highest BCUT2D eigenvalue weighted by atomic mass is 16.5. The Bertz CT molecular complexity index is 1170. The summed E-state index contributed by atoms with van der Waals surface area (Å²) in [5.41, 5.74) is 0.882. The second-order valence-corrected chi connectivity index (χ2v) is 9.52. The Balaban J connectivity index is 2.80. The first-order chi connectivity index (χ1) is 18.5. The summed E-state index contributed by atoms with van der Waals surface area (Å²) in [6.07, 6.45) is 15.8. The number of ketones is 1. The molecular weight excluding hydrogens is 498 g/mol. The summed E-state index contributed by atoms with van der Waals surface area (Å²) >= 11 is 0. The third-order valence-electron chi connectivity index (χ3n) is 6.23. The van der Waals surface area contributed by atoms with E-state index < -0.39 is 34.9 Å². The van der Waals surface area contributed by atoms with Gasteiger partial charge in [-0.2, -0.15) is 0 Å². The minimum Gasteiger partial charge on any atom is -0.507 e. The lowest BCUT2D eigenvalue weighted by atomic mass is 9.99. The highest BCUT2D eigenvalue weighted by Gasteiger charge is 2.22. The Labute approximate surface area is 231 Å². The molecule has 0 aliphatic heterocycles. The summed E-state index contributed by atoms with van der Waals surface area (Å²) in [5, 5.41) is 23.3. The van der Waals surface area contributed by atoms with Gasteiger partial charge in [0.05, 0.1) is 13.2 Å². The summed E-state index contributed by atoms with van der Waals surface area (Å²) in [4.78, 5) is 36.5. The van der Waals surface area contributed by atoms with Gasteiger partial charge in [-0.3, -0.25) is 10.1 Å². The molecule has 0 bridgehead atoms. The molecule has 1 rings (SSSR count). The molecule has 3 N–H and O–H groups in total. The quantitative estimate of drug-likeness (QED) is 0.0986. The summed E-state index contributed by atoms with van der Waals surface area (Å²) in [6.45, 7) is 9.30. The fourth-order valence-corrected chi connectivity index (χ4v) is 3.58. The SMILES string of the molecule is CC/C=C/C/C=C(\C)C(O)CC/C(C)=C/C=C(\C)C(=O)c1c(O)cc(C(C)CC/C=C/NC(=O)OC)oc1=O. The number of allylic oxidation sites excluding steroid dienone is 8. The lowest BCUT2D eigenvalue weighted by Crippen LogP contribution is -2.17. The van der Waals surface area contributed by atoms with Crippen LogP contribution >= 0.6 is 0 Å². The monoisotopic (exact) mass is 541 g/mol. The molecule has 2 unspecified atom stereocenters. The van der Waals surface area contributed by atoms with Crippen LogP contribution in [-0.2, 0) is 4.74 Å². The smallest absolute Gasteiger partial charge is 0.410 e. The molecule has 0 saturated carbocycles. The van der Waals surface area contributed by atoms with Gasteiger partial charge in [-0.15, -0.1) is 0 Å². The number of carbonyl (C=O) groups excluding carboxylic acids is 2. The van der Waals surface area contributed by atoms with Crippen molar-refractivity contribution in [3.8, 4) is 5.75 Å². The predicted octanol–water partition coefficient (Wildman–Crippen LogP) is 6.62. The molecule has 0 aliphatic rings. The zero-order valence-corrected chi connectivity index (χ0v) is 24.0. The summed E-state index contributed by atoms with van der Waals surface area (Å²) in [7, 11) is 1.27. The number of hydrogen-bond acceptors (Lipinski definition) is 7. The van der Waals surface area contributed by atoms with Gasteiger partial charge in [0.1, 0.15) is 17.1 Å². The lowest BCUT2D eigenvalue weighted by Gasteiger charge is -2.11. The van der Waals surface area contributed by atoms with Crippen LogP contribution < -0.4 is 10.9 Å². The van der Waals surface area contributed by atoms with Gasteiger partial charge in [-0.05, 0) is 70.4 Å². The molecule has 0 spiro atoms. The summed E-state index contributed by atoms with van der Waals surface area (Å²) < 4.78 is 9.82. The van der Waals surface area contributed by atoms with Crippen molar-refractivity contribution in [2.75, 3.05) is 7.11 Å². The number of amides is 1. The fraction of sp³-hybridized carbons (Fsp3) is 0.452. The van der Waals surface area contributed by atoms with Crippen molar-refractivity contribution in [3.05, 3.63) is 87.2 Å². The van der Waals surface area contributed by atoms with E-state index in [1.54, 1.807) is 25.2 Å². The van der Waals surface area contributed by atoms with Crippen LogP contribution in [0.3, 0.4) is 0 Å². The molecule has 1 heterocycles. The second-order valence-electron chi connectivity index (χ2n) is 9.52. The van der Waals surface area contributed by atoms with E-state index in [2.05, 4.69) is 29.1 Å². The van der Waals surface area contributed by atoms with Crippen molar-refractivity contribution in [2.24, 2.45) is 0 Å². The molecule has 214 valence electrons. The molecule has 8 nitrogen and oxygen atoms in total. The molecule has 0 radical (unpaired) electrons. The summed E-state index contributed by atoms with van der Waals surface area (Å²) in [5.74, 6) is -0.974. The Morgan fingerprint density at radius 2 is 1.85 bits per heavy atom. The average molecular weight is 542 g/mol. The van der Waals surface area contributed by atoms with Gasteiger partial charge in [0, 0.05) is 18.2 Å². The molecule has 0 aliphatic carbocycles. The molecule has 1 aromatic rings. The van der Waals surface area contributed by atoms with Crippen LogP contribution in [0.4, 0.5) is 4.79 Å². The van der Waals surface area contributed by atoms with Gasteiger partial charge >= 0.3 is 11.7 Å². The molecule has 1 aromatic heterocycles. The number of rotatable bonds is 15.